The van der Waals surface area contributed by atoms with E-state index >= 15 is 0 Å². The van der Waals surface area contributed by atoms with Gasteiger partial charge in [-0.25, -0.2) is 0 Å². The fourth-order valence-corrected chi connectivity index (χ4v) is 2.71. The molecule has 0 heterocycles. The van der Waals surface area contributed by atoms with E-state index in [0.29, 0.717) is 18.1 Å². The van der Waals surface area contributed by atoms with Gasteiger partial charge in [0.25, 0.3) is 0 Å². The van der Waals surface area contributed by atoms with Crippen LogP contribution in [0.1, 0.15) is 53.4 Å². The Hall–Kier alpha value is -0.120. The van der Waals surface area contributed by atoms with E-state index in [9.17, 15) is 5.11 Å². The summed E-state index contributed by atoms with van der Waals surface area (Å²) in [5.41, 5.74) is -0.117. The highest BCUT2D eigenvalue weighted by Gasteiger charge is 2.36. The molecule has 0 spiro atoms. The minimum Gasteiger partial charge on any atom is -0.394 e. The Morgan fingerprint density at radius 1 is 1.35 bits per heavy atom. The van der Waals surface area contributed by atoms with Crippen molar-refractivity contribution in [3.8, 4) is 0 Å². The summed E-state index contributed by atoms with van der Waals surface area (Å²) in [5.74, 6) is 0.582. The molecule has 0 radical (unpaired) electrons. The van der Waals surface area contributed by atoms with E-state index in [2.05, 4.69) is 33.0 Å². The van der Waals surface area contributed by atoms with Crippen molar-refractivity contribution in [3.63, 3.8) is 0 Å². The molecule has 1 aliphatic carbocycles. The van der Waals surface area contributed by atoms with Crippen LogP contribution in [0.4, 0.5) is 0 Å². The Kier molecular flexibility index (Phi) is 5.90. The molecular weight excluding hydrogens is 214 g/mol. The Balaban J connectivity index is 2.50. The molecule has 1 fully saturated rings. The first-order valence-corrected chi connectivity index (χ1v) is 6.97. The molecule has 0 aromatic carbocycles. The van der Waals surface area contributed by atoms with Gasteiger partial charge >= 0.3 is 0 Å². The molecule has 102 valence electrons. The zero-order chi connectivity index (χ0) is 12.9. The third-order valence-electron chi connectivity index (χ3n) is 3.36. The molecule has 1 saturated carbocycles. The van der Waals surface area contributed by atoms with Gasteiger partial charge in [-0.05, 0) is 31.6 Å². The number of nitrogens with one attached hydrogen (secondary N) is 1. The lowest BCUT2D eigenvalue weighted by molar-refractivity contribution is -0.0270. The van der Waals surface area contributed by atoms with Crippen molar-refractivity contribution in [2.75, 3.05) is 13.2 Å². The average Bonchev–Trinajstić information content (AvgIpc) is 2.26. The van der Waals surface area contributed by atoms with Gasteiger partial charge in [0, 0.05) is 18.2 Å². The predicted molar refractivity (Wildman–Crippen MR) is 71.1 cm³/mol. The standard InChI is InChI=1S/C14H29NO2/c1-11(2)9-17-13-6-5-7-14(8-13,10-16)15-12(3)4/h11-13,15-16H,5-10H2,1-4H3. The molecule has 0 amide bonds. The average molecular weight is 243 g/mol. The maximum Gasteiger partial charge on any atom is 0.0614 e. The van der Waals surface area contributed by atoms with Gasteiger partial charge in [0.2, 0.25) is 0 Å². The first-order valence-electron chi connectivity index (χ1n) is 6.97. The van der Waals surface area contributed by atoms with Crippen molar-refractivity contribution in [1.29, 1.82) is 0 Å². The predicted octanol–water partition coefficient (Wildman–Crippen LogP) is 2.33. The van der Waals surface area contributed by atoms with Crippen LogP contribution in [0.3, 0.4) is 0 Å². The van der Waals surface area contributed by atoms with Crippen molar-refractivity contribution in [1.82, 2.24) is 5.32 Å². The Bertz CT molecular complexity index is 218. The van der Waals surface area contributed by atoms with Gasteiger partial charge in [-0.1, -0.05) is 27.7 Å². The molecule has 3 nitrogen and oxygen atoms in total. The summed E-state index contributed by atoms with van der Waals surface area (Å²) in [6.07, 6.45) is 4.58. The molecule has 1 rings (SSSR count). The highest BCUT2D eigenvalue weighted by atomic mass is 16.5. The highest BCUT2D eigenvalue weighted by Crippen LogP contribution is 2.30. The maximum atomic E-state index is 9.67. The highest BCUT2D eigenvalue weighted by molar-refractivity contribution is 4.94. The second-order valence-corrected chi connectivity index (χ2v) is 6.18. The van der Waals surface area contributed by atoms with Crippen LogP contribution in [0, 0.1) is 5.92 Å². The normalized spacial score (nSPS) is 30.2. The molecule has 2 atom stereocenters. The first-order chi connectivity index (χ1) is 7.97. The van der Waals surface area contributed by atoms with E-state index < -0.39 is 0 Å². The third-order valence-corrected chi connectivity index (χ3v) is 3.36. The smallest absolute Gasteiger partial charge is 0.0614 e. The second-order valence-electron chi connectivity index (χ2n) is 6.18. The summed E-state index contributed by atoms with van der Waals surface area (Å²) in [5, 5.41) is 13.2. The number of rotatable bonds is 6. The van der Waals surface area contributed by atoms with Crippen LogP contribution in [0.2, 0.25) is 0 Å². The van der Waals surface area contributed by atoms with E-state index in [1.807, 2.05) is 0 Å². The fourth-order valence-electron chi connectivity index (χ4n) is 2.71. The molecule has 1 aliphatic rings. The second kappa shape index (κ2) is 6.72. The van der Waals surface area contributed by atoms with E-state index in [-0.39, 0.29) is 12.1 Å². The zero-order valence-corrected chi connectivity index (χ0v) is 11.8. The Morgan fingerprint density at radius 3 is 2.59 bits per heavy atom. The molecule has 3 heteroatoms. The van der Waals surface area contributed by atoms with Crippen molar-refractivity contribution in [3.05, 3.63) is 0 Å². The van der Waals surface area contributed by atoms with Gasteiger partial charge in [-0.2, -0.15) is 0 Å². The zero-order valence-electron chi connectivity index (χ0n) is 11.8. The number of aliphatic hydroxyl groups is 1. The van der Waals surface area contributed by atoms with Crippen molar-refractivity contribution < 1.29 is 9.84 Å². The summed E-state index contributed by atoms with van der Waals surface area (Å²) >= 11 is 0. The van der Waals surface area contributed by atoms with Gasteiger partial charge in [0.05, 0.1) is 12.7 Å². The monoisotopic (exact) mass is 243 g/mol. The molecule has 0 bridgehead atoms. The van der Waals surface area contributed by atoms with Crippen molar-refractivity contribution in [2.45, 2.75) is 71.1 Å². The Labute approximate surface area is 106 Å². The molecule has 17 heavy (non-hydrogen) atoms. The molecule has 0 aliphatic heterocycles. The van der Waals surface area contributed by atoms with Crippen LogP contribution >= 0.6 is 0 Å². The van der Waals surface area contributed by atoms with E-state index in [0.717, 1.165) is 32.3 Å². The number of hydrogen-bond donors (Lipinski definition) is 2. The maximum absolute atomic E-state index is 9.67. The number of hydrogen-bond acceptors (Lipinski definition) is 3. The SMILES string of the molecule is CC(C)COC1CCCC(CO)(NC(C)C)C1. The van der Waals surface area contributed by atoms with Crippen LogP contribution in [-0.2, 0) is 4.74 Å². The topological polar surface area (TPSA) is 41.5 Å². The molecule has 2 N–H and O–H groups in total. The van der Waals surface area contributed by atoms with Gasteiger partial charge in [0.1, 0.15) is 0 Å². The van der Waals surface area contributed by atoms with E-state index in [1.165, 1.54) is 0 Å². The lowest BCUT2D eigenvalue weighted by Gasteiger charge is -2.41. The lowest BCUT2D eigenvalue weighted by atomic mass is 9.80. The van der Waals surface area contributed by atoms with Gasteiger partial charge < -0.3 is 15.2 Å². The molecule has 2 unspecified atom stereocenters. The van der Waals surface area contributed by atoms with Crippen molar-refractivity contribution in [2.24, 2.45) is 5.92 Å². The van der Waals surface area contributed by atoms with Gasteiger partial charge in [0.15, 0.2) is 0 Å². The summed E-state index contributed by atoms with van der Waals surface area (Å²) in [4.78, 5) is 0. The van der Waals surface area contributed by atoms with Crippen molar-refractivity contribution >= 4 is 0 Å². The summed E-state index contributed by atoms with van der Waals surface area (Å²) in [6.45, 7) is 9.66. The number of aliphatic hydroxyl groups excluding tert-OH is 1. The molecule has 0 aromatic rings. The van der Waals surface area contributed by atoms with Crippen LogP contribution in [0.5, 0.6) is 0 Å². The lowest BCUT2D eigenvalue weighted by Crippen LogP contribution is -2.55. The summed E-state index contributed by atoms with van der Waals surface area (Å²) < 4.78 is 5.93. The number of ether oxygens (including phenoxy) is 1. The summed E-state index contributed by atoms with van der Waals surface area (Å²) in [7, 11) is 0. The van der Waals surface area contributed by atoms with Crippen LogP contribution < -0.4 is 5.32 Å². The molecule has 0 aromatic heterocycles. The Morgan fingerprint density at radius 2 is 2.06 bits per heavy atom. The first kappa shape index (κ1) is 14.9. The molecule has 0 saturated heterocycles. The minimum atomic E-state index is -0.117. The van der Waals surface area contributed by atoms with Crippen LogP contribution in [0.25, 0.3) is 0 Å². The largest absolute Gasteiger partial charge is 0.394 e. The fraction of sp³-hybridized carbons (Fsp3) is 1.00. The molecular formula is C14H29NO2. The summed E-state index contributed by atoms with van der Waals surface area (Å²) in [6, 6.07) is 0.408. The van der Waals surface area contributed by atoms with E-state index in [4.69, 9.17) is 4.74 Å². The minimum absolute atomic E-state index is 0.117. The van der Waals surface area contributed by atoms with Crippen LogP contribution in [0.15, 0.2) is 0 Å². The third kappa shape index (κ3) is 4.94. The van der Waals surface area contributed by atoms with E-state index in [1.54, 1.807) is 0 Å². The van der Waals surface area contributed by atoms with Crippen LogP contribution in [-0.4, -0.2) is 36.0 Å². The van der Waals surface area contributed by atoms with Gasteiger partial charge in [-0.15, -0.1) is 0 Å². The quantitative estimate of drug-likeness (QED) is 0.752. The van der Waals surface area contributed by atoms with Gasteiger partial charge in [-0.3, -0.25) is 0 Å².